The van der Waals surface area contributed by atoms with E-state index in [2.05, 4.69) is 11.4 Å². The Labute approximate surface area is 157 Å². The van der Waals surface area contributed by atoms with Gasteiger partial charge in [0.15, 0.2) is 0 Å². The lowest BCUT2D eigenvalue weighted by Gasteiger charge is -2.05. The highest BCUT2D eigenvalue weighted by Gasteiger charge is 2.12. The van der Waals surface area contributed by atoms with Gasteiger partial charge in [0.05, 0.1) is 12.5 Å². The summed E-state index contributed by atoms with van der Waals surface area (Å²) in [6.07, 6.45) is 3.86. The molecule has 0 aliphatic carbocycles. The van der Waals surface area contributed by atoms with Gasteiger partial charge in [0.25, 0.3) is 5.91 Å². The molecule has 1 aromatic heterocycles. The SMILES string of the molecule is Cc1cccc(NC(=O)/C(C#N)=C/c2cn(CCC#N)c3ccccc23)c1. The molecule has 3 aromatic rings. The summed E-state index contributed by atoms with van der Waals surface area (Å²) < 4.78 is 1.97. The van der Waals surface area contributed by atoms with E-state index in [0.717, 1.165) is 22.0 Å². The zero-order valence-electron chi connectivity index (χ0n) is 14.9. The molecule has 0 aliphatic heterocycles. The molecule has 27 heavy (non-hydrogen) atoms. The van der Waals surface area contributed by atoms with Gasteiger partial charge in [0.2, 0.25) is 0 Å². The van der Waals surface area contributed by atoms with Crippen molar-refractivity contribution in [3.05, 3.63) is 71.4 Å². The summed E-state index contributed by atoms with van der Waals surface area (Å²) in [5.41, 5.74) is 3.45. The summed E-state index contributed by atoms with van der Waals surface area (Å²) in [5.74, 6) is -0.447. The number of aromatic nitrogens is 1. The lowest BCUT2D eigenvalue weighted by molar-refractivity contribution is -0.112. The van der Waals surface area contributed by atoms with Gasteiger partial charge in [0.1, 0.15) is 11.6 Å². The van der Waals surface area contributed by atoms with Gasteiger partial charge in [-0.1, -0.05) is 30.3 Å². The minimum Gasteiger partial charge on any atom is -0.346 e. The number of para-hydroxylation sites is 1. The number of rotatable bonds is 5. The molecule has 0 bridgehead atoms. The summed E-state index contributed by atoms with van der Waals surface area (Å²) in [5, 5.41) is 22.0. The van der Waals surface area contributed by atoms with Crippen molar-refractivity contribution < 1.29 is 4.79 Å². The molecule has 1 heterocycles. The Morgan fingerprint density at radius 1 is 1.19 bits per heavy atom. The molecule has 5 nitrogen and oxygen atoms in total. The van der Waals surface area contributed by atoms with Crippen LogP contribution in [0.5, 0.6) is 0 Å². The third kappa shape index (κ3) is 4.05. The molecule has 0 fully saturated rings. The molecule has 2 aromatic carbocycles. The third-order valence-corrected chi connectivity index (χ3v) is 4.22. The van der Waals surface area contributed by atoms with Crippen LogP contribution >= 0.6 is 0 Å². The van der Waals surface area contributed by atoms with Gasteiger partial charge in [-0.3, -0.25) is 4.79 Å². The van der Waals surface area contributed by atoms with Gasteiger partial charge in [-0.25, -0.2) is 0 Å². The van der Waals surface area contributed by atoms with E-state index in [1.54, 1.807) is 12.1 Å². The maximum atomic E-state index is 12.5. The Hall–Kier alpha value is -3.83. The van der Waals surface area contributed by atoms with Crippen LogP contribution in [0, 0.1) is 29.6 Å². The molecule has 132 valence electrons. The smallest absolute Gasteiger partial charge is 0.266 e. The number of hydrogen-bond donors (Lipinski definition) is 1. The molecular weight excluding hydrogens is 336 g/mol. The van der Waals surface area contributed by atoms with Crippen LogP contribution in [0.2, 0.25) is 0 Å². The van der Waals surface area contributed by atoms with E-state index in [1.807, 2.05) is 66.2 Å². The van der Waals surface area contributed by atoms with Crippen LogP contribution in [-0.4, -0.2) is 10.5 Å². The minimum absolute atomic E-state index is 0.0275. The molecule has 0 saturated carbocycles. The lowest BCUT2D eigenvalue weighted by atomic mass is 10.1. The Kier molecular flexibility index (Phi) is 5.35. The van der Waals surface area contributed by atoms with Gasteiger partial charge in [0, 0.05) is 34.9 Å². The Balaban J connectivity index is 1.95. The summed E-state index contributed by atoms with van der Waals surface area (Å²) in [7, 11) is 0. The molecule has 0 atom stereocenters. The number of benzene rings is 2. The Morgan fingerprint density at radius 3 is 2.74 bits per heavy atom. The van der Waals surface area contributed by atoms with E-state index in [4.69, 9.17) is 5.26 Å². The molecule has 3 rings (SSSR count). The number of nitrogens with one attached hydrogen (secondary N) is 1. The van der Waals surface area contributed by atoms with Crippen molar-refractivity contribution >= 4 is 28.6 Å². The first-order chi connectivity index (χ1) is 13.1. The number of aryl methyl sites for hydroxylation is 2. The molecule has 0 saturated heterocycles. The molecule has 1 N–H and O–H groups in total. The minimum atomic E-state index is -0.447. The normalized spacial score (nSPS) is 11.0. The van der Waals surface area contributed by atoms with E-state index in [1.165, 1.54) is 0 Å². The molecule has 5 heteroatoms. The average Bonchev–Trinajstić information content (AvgIpc) is 3.02. The molecule has 0 aliphatic rings. The fraction of sp³-hybridized carbons (Fsp3) is 0.136. The zero-order chi connectivity index (χ0) is 19.2. The first-order valence-corrected chi connectivity index (χ1v) is 8.57. The van der Waals surface area contributed by atoms with Crippen LogP contribution in [0.25, 0.3) is 17.0 Å². The number of amides is 1. The average molecular weight is 354 g/mol. The summed E-state index contributed by atoms with van der Waals surface area (Å²) in [4.78, 5) is 12.5. The quantitative estimate of drug-likeness (QED) is 0.544. The second kappa shape index (κ2) is 8.03. The maximum Gasteiger partial charge on any atom is 0.266 e. The number of anilines is 1. The van der Waals surface area contributed by atoms with Gasteiger partial charge in [-0.15, -0.1) is 0 Å². The predicted molar refractivity (Wildman–Crippen MR) is 106 cm³/mol. The monoisotopic (exact) mass is 354 g/mol. The summed E-state index contributed by atoms with van der Waals surface area (Å²) in [6.45, 7) is 2.50. The molecule has 0 spiro atoms. The fourth-order valence-corrected chi connectivity index (χ4v) is 2.97. The highest BCUT2D eigenvalue weighted by atomic mass is 16.1. The van der Waals surface area contributed by atoms with Crippen LogP contribution in [-0.2, 0) is 11.3 Å². The zero-order valence-corrected chi connectivity index (χ0v) is 14.9. The summed E-state index contributed by atoms with van der Waals surface area (Å²) in [6, 6.07) is 19.3. The second-order valence-corrected chi connectivity index (χ2v) is 6.20. The van der Waals surface area contributed by atoms with Crippen molar-refractivity contribution in [2.24, 2.45) is 0 Å². The number of nitriles is 2. The second-order valence-electron chi connectivity index (χ2n) is 6.20. The lowest BCUT2D eigenvalue weighted by Crippen LogP contribution is -2.13. The van der Waals surface area contributed by atoms with Crippen molar-refractivity contribution in [1.82, 2.24) is 4.57 Å². The molecule has 1 amide bonds. The van der Waals surface area contributed by atoms with E-state index < -0.39 is 5.91 Å². The van der Waals surface area contributed by atoms with Gasteiger partial charge >= 0.3 is 0 Å². The van der Waals surface area contributed by atoms with Crippen LogP contribution in [0.15, 0.2) is 60.3 Å². The van der Waals surface area contributed by atoms with Crippen molar-refractivity contribution in [1.29, 1.82) is 10.5 Å². The maximum absolute atomic E-state index is 12.5. The fourth-order valence-electron chi connectivity index (χ4n) is 2.97. The van der Waals surface area contributed by atoms with Gasteiger partial charge in [-0.2, -0.15) is 10.5 Å². The van der Waals surface area contributed by atoms with Crippen LogP contribution in [0.4, 0.5) is 5.69 Å². The van der Waals surface area contributed by atoms with Gasteiger partial charge in [-0.05, 0) is 36.8 Å². The number of hydrogen-bond acceptors (Lipinski definition) is 3. The standard InChI is InChI=1S/C22H18N4O/c1-16-6-4-7-19(12-16)25-22(27)17(14-24)13-18-15-26(11-5-10-23)21-9-3-2-8-20(18)21/h2-4,6-9,12-13,15H,5,11H2,1H3,(H,25,27)/b17-13+. The number of nitrogens with zero attached hydrogens (tertiary/aromatic N) is 3. The van der Waals surface area contributed by atoms with E-state index in [-0.39, 0.29) is 5.57 Å². The predicted octanol–water partition coefficient (Wildman–Crippen LogP) is 4.41. The highest BCUT2D eigenvalue weighted by Crippen LogP contribution is 2.24. The Bertz CT molecular complexity index is 1110. The van der Waals surface area contributed by atoms with E-state index in [0.29, 0.717) is 18.7 Å². The van der Waals surface area contributed by atoms with E-state index in [9.17, 15) is 10.1 Å². The van der Waals surface area contributed by atoms with E-state index >= 15 is 0 Å². The van der Waals surface area contributed by atoms with Crippen molar-refractivity contribution in [2.45, 2.75) is 19.9 Å². The topological polar surface area (TPSA) is 81.6 Å². The Morgan fingerprint density at radius 2 is 2.00 bits per heavy atom. The number of carbonyl (C=O) groups excluding carboxylic acids is 1. The first-order valence-electron chi connectivity index (χ1n) is 8.57. The summed E-state index contributed by atoms with van der Waals surface area (Å²) >= 11 is 0. The molecule has 0 unspecified atom stereocenters. The van der Waals surface area contributed by atoms with Crippen molar-refractivity contribution in [3.63, 3.8) is 0 Å². The molecule has 0 radical (unpaired) electrons. The van der Waals surface area contributed by atoms with Crippen LogP contribution in [0.1, 0.15) is 17.5 Å². The number of fused-ring (bicyclic) bond motifs is 1. The van der Waals surface area contributed by atoms with Crippen LogP contribution in [0.3, 0.4) is 0 Å². The largest absolute Gasteiger partial charge is 0.346 e. The van der Waals surface area contributed by atoms with Crippen molar-refractivity contribution in [3.8, 4) is 12.1 Å². The van der Waals surface area contributed by atoms with Crippen molar-refractivity contribution in [2.75, 3.05) is 5.32 Å². The molecular formula is C22H18N4O. The number of carbonyl (C=O) groups is 1. The first kappa shape index (κ1) is 18.0. The van der Waals surface area contributed by atoms with Crippen LogP contribution < -0.4 is 5.32 Å². The third-order valence-electron chi connectivity index (χ3n) is 4.22. The highest BCUT2D eigenvalue weighted by molar-refractivity contribution is 6.10. The van der Waals surface area contributed by atoms with Gasteiger partial charge < -0.3 is 9.88 Å².